The normalized spacial score (nSPS) is 10.6. The molecule has 6 rings (SSSR count). The van der Waals surface area contributed by atoms with Crippen molar-refractivity contribution in [2.24, 2.45) is 0 Å². The van der Waals surface area contributed by atoms with E-state index in [2.05, 4.69) is 53.3 Å². The Morgan fingerprint density at radius 1 is 0.657 bits per heavy atom. The Kier molecular flexibility index (Phi) is 7.58. The molecule has 0 aliphatic rings. The fraction of sp³-hybridized carbons (Fsp3) is 0.0714. The molecule has 0 aliphatic carbocycles. The van der Waals surface area contributed by atoms with Crippen LogP contribution in [0.3, 0.4) is 0 Å². The van der Waals surface area contributed by atoms with Crippen LogP contribution < -0.4 is 15.1 Å². The minimum absolute atomic E-state index is 0. The van der Waals surface area contributed by atoms with Gasteiger partial charge in [0.05, 0.1) is 0 Å². The number of H-pyrrole nitrogens is 2. The second-order valence-corrected chi connectivity index (χ2v) is 10.6. The summed E-state index contributed by atoms with van der Waals surface area (Å²) in [5, 5.41) is 13.9. The van der Waals surface area contributed by atoms with Gasteiger partial charge in [0.1, 0.15) is 9.40 Å². The number of thiazole rings is 2. The van der Waals surface area contributed by atoms with E-state index in [1.165, 1.54) is 20.5 Å². The van der Waals surface area contributed by atoms with Gasteiger partial charge in [-0.3, -0.25) is 0 Å². The van der Waals surface area contributed by atoms with Crippen molar-refractivity contribution >= 4 is 65.9 Å². The zero-order valence-corrected chi connectivity index (χ0v) is 21.9. The maximum absolute atomic E-state index is 11.8. The standard InChI is InChI=1S/C14H11NOS.C14H11NS2.Be/c2*1-9-6-7-12(16)10(8-9)14-15-11-4-2-3-5-13(11)17-14;/h2*2-8,16H,1H3;/q;;+2. The van der Waals surface area contributed by atoms with Gasteiger partial charge in [-0.25, -0.2) is 0 Å². The monoisotopic (exact) mass is 507 g/mol. The van der Waals surface area contributed by atoms with Crippen molar-refractivity contribution < 1.29 is 15.1 Å². The van der Waals surface area contributed by atoms with Gasteiger partial charge in [-0.2, -0.15) is 14.9 Å². The van der Waals surface area contributed by atoms with Gasteiger partial charge in [0, 0.05) is 23.3 Å². The second-order valence-electron chi connectivity index (χ2n) is 8.10. The van der Waals surface area contributed by atoms with Crippen molar-refractivity contribution in [2.75, 3.05) is 0 Å². The molecule has 7 heteroatoms. The molecule has 35 heavy (non-hydrogen) atoms. The van der Waals surface area contributed by atoms with E-state index >= 15 is 0 Å². The summed E-state index contributed by atoms with van der Waals surface area (Å²) >= 11 is 8.75. The summed E-state index contributed by atoms with van der Waals surface area (Å²) < 4.78 is 2.43. The average molecular weight is 508 g/mol. The van der Waals surface area contributed by atoms with Gasteiger partial charge in [-0.1, -0.05) is 88.1 Å². The maximum atomic E-state index is 11.8. The number of rotatable bonds is 2. The minimum Gasteiger partial charge on any atom is -0.872 e. The van der Waals surface area contributed by atoms with Gasteiger partial charge in [-0.05, 0) is 38.1 Å². The molecule has 0 aliphatic heterocycles. The fourth-order valence-electron chi connectivity index (χ4n) is 3.72. The molecule has 0 amide bonds. The molecular weight excluding hydrogens is 486 g/mol. The van der Waals surface area contributed by atoms with Crippen LogP contribution in [0.2, 0.25) is 0 Å². The summed E-state index contributed by atoms with van der Waals surface area (Å²) in [5.41, 5.74) is 6.47. The molecule has 0 unspecified atom stereocenters. The third kappa shape index (κ3) is 5.42. The van der Waals surface area contributed by atoms with Crippen molar-refractivity contribution in [3.63, 3.8) is 0 Å². The Bertz CT molecular complexity index is 1440. The number of para-hydroxylation sites is 2. The summed E-state index contributed by atoms with van der Waals surface area (Å²) in [6.45, 7) is 4.09. The molecule has 2 N–H and O–H groups in total. The minimum atomic E-state index is 0. The number of benzene rings is 4. The van der Waals surface area contributed by atoms with Crippen LogP contribution in [0.25, 0.3) is 41.6 Å². The predicted molar refractivity (Wildman–Crippen MR) is 148 cm³/mol. The van der Waals surface area contributed by atoms with Gasteiger partial charge in [0.25, 0.3) is 10.0 Å². The van der Waals surface area contributed by atoms with Gasteiger partial charge in [0.2, 0.25) is 11.0 Å². The Labute approximate surface area is 221 Å². The third-order valence-corrected chi connectivity index (χ3v) is 8.01. The van der Waals surface area contributed by atoms with Crippen LogP contribution in [-0.4, -0.2) is 10.1 Å². The van der Waals surface area contributed by atoms with Gasteiger partial charge < -0.3 is 17.7 Å². The first-order valence-corrected chi connectivity index (χ1v) is 12.9. The Balaban J connectivity index is 0.000000160. The van der Waals surface area contributed by atoms with Crippen molar-refractivity contribution in [1.29, 1.82) is 0 Å². The van der Waals surface area contributed by atoms with Crippen LogP contribution in [0.1, 0.15) is 11.1 Å². The summed E-state index contributed by atoms with van der Waals surface area (Å²) in [6, 6.07) is 28.0. The van der Waals surface area contributed by atoms with Crippen molar-refractivity contribution in [2.45, 2.75) is 18.7 Å². The zero-order valence-electron chi connectivity index (χ0n) is 19.4. The van der Waals surface area contributed by atoms with E-state index in [0.717, 1.165) is 37.1 Å². The molecule has 0 bridgehead atoms. The first kappa shape index (κ1) is 25.0. The molecule has 3 nitrogen and oxygen atoms in total. The molecule has 0 spiro atoms. The quantitative estimate of drug-likeness (QED) is 0.214. The first-order valence-electron chi connectivity index (χ1n) is 10.9. The SMILES string of the molecule is Cc1ccc([O-])c(-c2[nH+]c3ccccc3s2)c1.Cc1ccc([S-])c(-c2[nH+]c3ccccc3s2)c1.[Be+2]. The first-order chi connectivity index (χ1) is 16.5. The fourth-order valence-corrected chi connectivity index (χ4v) is 6.08. The number of aryl methyl sites for hydroxylation is 2. The van der Waals surface area contributed by atoms with Crippen LogP contribution in [-0.2, 0) is 12.6 Å². The van der Waals surface area contributed by atoms with Crippen LogP contribution >= 0.6 is 22.7 Å². The van der Waals surface area contributed by atoms with Crippen molar-refractivity contribution in [3.05, 3.63) is 96.1 Å². The summed E-state index contributed by atoms with van der Waals surface area (Å²) in [7, 11) is 0. The van der Waals surface area contributed by atoms with Crippen LogP contribution in [0.15, 0.2) is 89.8 Å². The van der Waals surface area contributed by atoms with Gasteiger partial charge in [0.15, 0.2) is 0 Å². The number of hydrogen-bond acceptors (Lipinski definition) is 4. The average Bonchev–Trinajstić information content (AvgIpc) is 3.47. The Morgan fingerprint density at radius 3 is 1.71 bits per heavy atom. The number of hydrogen-bond donors (Lipinski definition) is 0. The molecular formula is C28H22BeN2OS3+2. The van der Waals surface area contributed by atoms with Crippen LogP contribution in [0.4, 0.5) is 0 Å². The topological polar surface area (TPSA) is 51.3 Å². The zero-order chi connectivity index (χ0) is 23.7. The van der Waals surface area contributed by atoms with Gasteiger partial charge in [-0.15, -0.1) is 0 Å². The molecule has 0 fully saturated rings. The second kappa shape index (κ2) is 10.6. The van der Waals surface area contributed by atoms with Crippen LogP contribution in [0.5, 0.6) is 5.75 Å². The van der Waals surface area contributed by atoms with Gasteiger partial charge >= 0.3 is 10.1 Å². The number of aromatic nitrogens is 2. The predicted octanol–water partition coefficient (Wildman–Crippen LogP) is 5.98. The van der Waals surface area contributed by atoms with E-state index in [4.69, 9.17) is 12.6 Å². The van der Waals surface area contributed by atoms with E-state index in [1.54, 1.807) is 28.7 Å². The molecule has 4 aromatic carbocycles. The Morgan fingerprint density at radius 2 is 1.14 bits per heavy atom. The number of aromatic amines is 2. The molecule has 168 valence electrons. The number of fused-ring (bicyclic) bond motifs is 2. The molecule has 2 aromatic heterocycles. The summed E-state index contributed by atoms with van der Waals surface area (Å²) in [6.07, 6.45) is 0. The largest absolute Gasteiger partial charge is 2.00 e. The summed E-state index contributed by atoms with van der Waals surface area (Å²) in [4.78, 5) is 7.63. The van der Waals surface area contributed by atoms with E-state index in [0.29, 0.717) is 0 Å². The van der Waals surface area contributed by atoms with E-state index in [1.807, 2.05) is 49.4 Å². The molecule has 2 heterocycles. The van der Waals surface area contributed by atoms with Crippen molar-refractivity contribution in [3.8, 4) is 26.9 Å². The summed E-state index contributed by atoms with van der Waals surface area (Å²) in [5.74, 6) is 0.0680. The smallest absolute Gasteiger partial charge is 0.872 e. The molecule has 0 saturated heterocycles. The van der Waals surface area contributed by atoms with E-state index < -0.39 is 0 Å². The maximum Gasteiger partial charge on any atom is 2.00 e. The van der Waals surface area contributed by atoms with Crippen molar-refractivity contribution in [1.82, 2.24) is 0 Å². The Hall–Kier alpha value is -3.15. The number of nitrogens with one attached hydrogen (secondary N) is 2. The molecule has 6 aromatic rings. The third-order valence-electron chi connectivity index (χ3n) is 5.45. The molecule has 0 atom stereocenters. The van der Waals surface area contributed by atoms with Crippen LogP contribution in [0, 0.1) is 13.8 Å². The van der Waals surface area contributed by atoms with E-state index in [-0.39, 0.29) is 15.9 Å². The van der Waals surface area contributed by atoms with E-state index in [9.17, 15) is 5.11 Å². The molecule has 0 radical (unpaired) electrons. The molecule has 0 saturated carbocycles.